The summed E-state index contributed by atoms with van der Waals surface area (Å²) in [6, 6.07) is 10.4. The molecule has 2 aromatic carbocycles. The second-order valence-electron chi connectivity index (χ2n) is 4.69. The van der Waals surface area contributed by atoms with Crippen molar-refractivity contribution >= 4 is 17.3 Å². The lowest BCUT2D eigenvalue weighted by Crippen LogP contribution is -2.38. The first kappa shape index (κ1) is 14.8. The smallest absolute Gasteiger partial charge is 0.131 e. The average Bonchev–Trinajstić information content (AvgIpc) is 2.41. The van der Waals surface area contributed by atoms with Gasteiger partial charge in [-0.1, -0.05) is 29.8 Å². The molecule has 0 aliphatic carbocycles. The van der Waals surface area contributed by atoms with Gasteiger partial charge in [-0.25, -0.2) is 8.78 Å². The Hall–Kier alpha value is -1.65. The molecule has 5 heteroatoms. The van der Waals surface area contributed by atoms with Crippen LogP contribution in [-0.4, -0.2) is 11.7 Å². The molecule has 0 radical (unpaired) electrons. The summed E-state index contributed by atoms with van der Waals surface area (Å²) < 4.78 is 27.8. The lowest BCUT2D eigenvalue weighted by atomic mass is 9.91. The predicted molar refractivity (Wildman–Crippen MR) is 75.9 cm³/mol. The first-order valence-corrected chi connectivity index (χ1v) is 6.44. The minimum absolute atomic E-state index is 0.220. The Labute approximate surface area is 121 Å². The van der Waals surface area contributed by atoms with Crippen LogP contribution in [0.5, 0.6) is 0 Å². The number of aliphatic hydroxyl groups is 1. The summed E-state index contributed by atoms with van der Waals surface area (Å²) in [5.74, 6) is -1.44. The van der Waals surface area contributed by atoms with Crippen molar-refractivity contribution < 1.29 is 13.9 Å². The zero-order chi connectivity index (χ0) is 14.8. The van der Waals surface area contributed by atoms with Crippen molar-refractivity contribution in [1.82, 2.24) is 0 Å². The molecule has 2 N–H and O–H groups in total. The summed E-state index contributed by atoms with van der Waals surface area (Å²) in [7, 11) is 0. The zero-order valence-corrected chi connectivity index (χ0v) is 11.6. The molecular formula is C15H14ClF2NO. The minimum Gasteiger partial charge on any atom is -0.394 e. The largest absolute Gasteiger partial charge is 0.394 e. The van der Waals surface area contributed by atoms with Crippen molar-refractivity contribution in [2.45, 2.75) is 12.5 Å². The van der Waals surface area contributed by atoms with Crippen molar-refractivity contribution in [3.05, 3.63) is 64.7 Å². The van der Waals surface area contributed by atoms with Crippen molar-refractivity contribution in [3.63, 3.8) is 0 Å². The summed E-state index contributed by atoms with van der Waals surface area (Å²) in [6.07, 6.45) is 0. The Kier molecular flexibility index (Phi) is 4.26. The number of benzene rings is 2. The number of rotatable bonds is 4. The number of hydrogen-bond donors (Lipinski definition) is 2. The molecule has 0 heterocycles. The second kappa shape index (κ2) is 5.77. The van der Waals surface area contributed by atoms with E-state index in [1.807, 2.05) is 0 Å². The van der Waals surface area contributed by atoms with Gasteiger partial charge < -0.3 is 10.4 Å². The van der Waals surface area contributed by atoms with Crippen LogP contribution < -0.4 is 5.32 Å². The highest BCUT2D eigenvalue weighted by molar-refractivity contribution is 6.33. The van der Waals surface area contributed by atoms with Gasteiger partial charge in [0.25, 0.3) is 0 Å². The van der Waals surface area contributed by atoms with Crippen LogP contribution in [0.25, 0.3) is 0 Å². The maximum absolute atomic E-state index is 13.9. The Bertz CT molecular complexity index is 600. The Balaban J connectivity index is 2.47. The van der Waals surface area contributed by atoms with Gasteiger partial charge in [-0.05, 0) is 31.2 Å². The predicted octanol–water partition coefficient (Wildman–Crippen LogP) is 3.94. The monoisotopic (exact) mass is 297 g/mol. The number of anilines is 1. The first-order valence-electron chi connectivity index (χ1n) is 6.06. The summed E-state index contributed by atoms with van der Waals surface area (Å²) in [5, 5.41) is 12.9. The average molecular weight is 298 g/mol. The van der Waals surface area contributed by atoms with Crippen LogP contribution in [0.4, 0.5) is 14.5 Å². The summed E-state index contributed by atoms with van der Waals surface area (Å²) >= 11 is 6.02. The van der Waals surface area contributed by atoms with Gasteiger partial charge in [-0.3, -0.25) is 0 Å². The van der Waals surface area contributed by atoms with E-state index in [1.54, 1.807) is 24.3 Å². The topological polar surface area (TPSA) is 32.3 Å². The molecule has 20 heavy (non-hydrogen) atoms. The molecular weight excluding hydrogens is 284 g/mol. The van der Waals surface area contributed by atoms with Gasteiger partial charge in [0.15, 0.2) is 0 Å². The summed E-state index contributed by atoms with van der Waals surface area (Å²) in [5.41, 5.74) is -1.05. The van der Waals surface area contributed by atoms with Gasteiger partial charge in [0.2, 0.25) is 0 Å². The molecule has 0 saturated carbocycles. The zero-order valence-electron chi connectivity index (χ0n) is 10.8. The molecule has 2 nitrogen and oxygen atoms in total. The fourth-order valence-corrected chi connectivity index (χ4v) is 2.25. The van der Waals surface area contributed by atoms with Crippen LogP contribution in [0, 0.1) is 11.6 Å². The third-order valence-corrected chi connectivity index (χ3v) is 3.44. The molecule has 0 aliphatic heterocycles. The van der Waals surface area contributed by atoms with Crippen LogP contribution in [-0.2, 0) is 5.54 Å². The highest BCUT2D eigenvalue weighted by atomic mass is 35.5. The quantitative estimate of drug-likeness (QED) is 0.896. The van der Waals surface area contributed by atoms with Crippen LogP contribution in [0.1, 0.15) is 12.5 Å². The fourth-order valence-electron chi connectivity index (χ4n) is 2.07. The Morgan fingerprint density at radius 3 is 2.25 bits per heavy atom. The van der Waals surface area contributed by atoms with Gasteiger partial charge in [0, 0.05) is 0 Å². The SMILES string of the molecule is CC(CO)(Nc1ccccc1Cl)c1c(F)cccc1F. The van der Waals surface area contributed by atoms with E-state index in [1.165, 1.54) is 13.0 Å². The standard InChI is InChI=1S/C15H14ClF2NO/c1-15(9-20,14-11(17)6-4-7-12(14)18)19-13-8-3-2-5-10(13)16/h2-8,19-20H,9H2,1H3. The van der Waals surface area contributed by atoms with Crippen LogP contribution in [0.3, 0.4) is 0 Å². The van der Waals surface area contributed by atoms with Gasteiger partial charge in [0.05, 0.1) is 28.4 Å². The second-order valence-corrected chi connectivity index (χ2v) is 5.10. The minimum atomic E-state index is -1.32. The third kappa shape index (κ3) is 2.76. The highest BCUT2D eigenvalue weighted by Crippen LogP contribution is 2.32. The van der Waals surface area contributed by atoms with Gasteiger partial charge in [-0.15, -0.1) is 0 Å². The lowest BCUT2D eigenvalue weighted by Gasteiger charge is -2.31. The maximum Gasteiger partial charge on any atom is 0.131 e. The molecule has 2 aromatic rings. The van der Waals surface area contributed by atoms with Crippen LogP contribution >= 0.6 is 11.6 Å². The van der Waals surface area contributed by atoms with E-state index in [0.29, 0.717) is 10.7 Å². The lowest BCUT2D eigenvalue weighted by molar-refractivity contribution is 0.216. The van der Waals surface area contributed by atoms with Gasteiger partial charge in [0.1, 0.15) is 11.6 Å². The van der Waals surface area contributed by atoms with Gasteiger partial charge in [-0.2, -0.15) is 0 Å². The number of aliphatic hydroxyl groups excluding tert-OH is 1. The molecule has 0 saturated heterocycles. The fraction of sp³-hybridized carbons (Fsp3) is 0.200. The Morgan fingerprint density at radius 1 is 1.10 bits per heavy atom. The van der Waals surface area contributed by atoms with E-state index < -0.39 is 23.8 Å². The van der Waals surface area contributed by atoms with E-state index in [-0.39, 0.29) is 5.56 Å². The molecule has 2 rings (SSSR count). The van der Waals surface area contributed by atoms with E-state index in [9.17, 15) is 13.9 Å². The molecule has 0 amide bonds. The molecule has 106 valence electrons. The highest BCUT2D eigenvalue weighted by Gasteiger charge is 2.32. The molecule has 0 aromatic heterocycles. The number of halogens is 3. The van der Waals surface area contributed by atoms with Crippen molar-refractivity contribution in [2.75, 3.05) is 11.9 Å². The normalized spacial score (nSPS) is 13.8. The molecule has 1 atom stereocenters. The van der Waals surface area contributed by atoms with Crippen molar-refractivity contribution in [1.29, 1.82) is 0 Å². The molecule has 0 bridgehead atoms. The molecule has 0 fully saturated rings. The number of nitrogens with one attached hydrogen (secondary N) is 1. The maximum atomic E-state index is 13.9. The Morgan fingerprint density at radius 2 is 1.70 bits per heavy atom. The van der Waals surface area contributed by atoms with Crippen molar-refractivity contribution in [2.24, 2.45) is 0 Å². The van der Waals surface area contributed by atoms with Crippen molar-refractivity contribution in [3.8, 4) is 0 Å². The van der Waals surface area contributed by atoms with E-state index in [0.717, 1.165) is 12.1 Å². The molecule has 1 unspecified atom stereocenters. The summed E-state index contributed by atoms with van der Waals surface area (Å²) in [4.78, 5) is 0. The number of hydrogen-bond acceptors (Lipinski definition) is 2. The summed E-state index contributed by atoms with van der Waals surface area (Å²) in [6.45, 7) is 1.02. The molecule has 0 spiro atoms. The molecule has 0 aliphatic rings. The van der Waals surface area contributed by atoms with E-state index in [2.05, 4.69) is 5.32 Å². The van der Waals surface area contributed by atoms with Crippen LogP contribution in [0.2, 0.25) is 5.02 Å². The third-order valence-electron chi connectivity index (χ3n) is 3.12. The van der Waals surface area contributed by atoms with Crippen LogP contribution in [0.15, 0.2) is 42.5 Å². The first-order chi connectivity index (χ1) is 9.48. The van der Waals surface area contributed by atoms with Gasteiger partial charge >= 0.3 is 0 Å². The van der Waals surface area contributed by atoms with E-state index >= 15 is 0 Å². The van der Waals surface area contributed by atoms with E-state index in [4.69, 9.17) is 11.6 Å². The number of para-hydroxylation sites is 1.